The Hall–Kier alpha value is -2.37. The van der Waals surface area contributed by atoms with Crippen LogP contribution in [0.5, 0.6) is 0 Å². The van der Waals surface area contributed by atoms with Crippen molar-refractivity contribution in [2.24, 2.45) is 0 Å². The van der Waals surface area contributed by atoms with E-state index in [0.717, 1.165) is 83.5 Å². The lowest BCUT2D eigenvalue weighted by molar-refractivity contribution is -0.167. The summed E-state index contributed by atoms with van der Waals surface area (Å²) in [6, 6.07) is 0. The van der Waals surface area contributed by atoms with Crippen LogP contribution in [0.3, 0.4) is 0 Å². The number of hydrogen-bond acceptors (Lipinski definition) is 6. The molecule has 0 saturated heterocycles. The zero-order chi connectivity index (χ0) is 40.8. The molecular weight excluding hydrogens is 697 g/mol. The highest BCUT2D eigenvalue weighted by Gasteiger charge is 2.19. The maximum absolute atomic E-state index is 12.7. The second-order valence-corrected chi connectivity index (χ2v) is 16.0. The standard InChI is InChI=1S/C50H90O6/c1-4-7-10-13-16-19-22-24-26-28-31-34-37-40-43-49(52)55-46-47(45-54-48(51)42-39-36-33-30-27-21-18-15-12-9-6-3)56-50(53)44-41-38-35-32-29-25-23-20-17-14-11-8-5-2/h13,15-16,18,22,24,47H,4-12,14,17,19-21,23,25-46H2,1-3H3/b16-13-,18-15-,24-22-. The van der Waals surface area contributed by atoms with Crippen LogP contribution in [0, 0.1) is 0 Å². The summed E-state index contributed by atoms with van der Waals surface area (Å²) in [6.45, 7) is 6.54. The van der Waals surface area contributed by atoms with E-state index in [0.29, 0.717) is 19.3 Å². The van der Waals surface area contributed by atoms with Crippen LogP contribution in [-0.2, 0) is 28.6 Å². The molecule has 0 aliphatic carbocycles. The van der Waals surface area contributed by atoms with E-state index in [1.165, 1.54) is 122 Å². The van der Waals surface area contributed by atoms with Crippen molar-refractivity contribution in [2.45, 2.75) is 252 Å². The zero-order valence-corrected chi connectivity index (χ0v) is 37.2. The number of carbonyl (C=O) groups excluding carboxylic acids is 3. The molecule has 6 heteroatoms. The minimum absolute atomic E-state index is 0.0790. The highest BCUT2D eigenvalue weighted by molar-refractivity contribution is 5.71. The molecule has 6 nitrogen and oxygen atoms in total. The molecule has 0 saturated carbocycles. The molecule has 0 aromatic heterocycles. The summed E-state index contributed by atoms with van der Waals surface area (Å²) in [5.41, 5.74) is 0. The smallest absolute Gasteiger partial charge is 0.306 e. The summed E-state index contributed by atoms with van der Waals surface area (Å²) in [5.74, 6) is -0.897. The van der Waals surface area contributed by atoms with Crippen LogP contribution >= 0.6 is 0 Å². The molecule has 0 bridgehead atoms. The summed E-state index contributed by atoms with van der Waals surface area (Å²) < 4.78 is 16.7. The Morgan fingerprint density at radius 1 is 0.357 bits per heavy atom. The van der Waals surface area contributed by atoms with Gasteiger partial charge in [-0.2, -0.15) is 0 Å². The highest BCUT2D eigenvalue weighted by Crippen LogP contribution is 2.15. The first kappa shape index (κ1) is 53.6. The van der Waals surface area contributed by atoms with Crippen LogP contribution in [-0.4, -0.2) is 37.2 Å². The van der Waals surface area contributed by atoms with Crippen molar-refractivity contribution in [3.8, 4) is 0 Å². The van der Waals surface area contributed by atoms with Crippen molar-refractivity contribution >= 4 is 17.9 Å². The molecule has 0 spiro atoms. The van der Waals surface area contributed by atoms with Crippen LogP contribution < -0.4 is 0 Å². The largest absolute Gasteiger partial charge is 0.462 e. The van der Waals surface area contributed by atoms with Gasteiger partial charge in [-0.15, -0.1) is 0 Å². The van der Waals surface area contributed by atoms with E-state index in [4.69, 9.17) is 14.2 Å². The summed E-state index contributed by atoms with van der Waals surface area (Å²) in [5, 5.41) is 0. The molecule has 0 aliphatic rings. The maximum Gasteiger partial charge on any atom is 0.306 e. The fraction of sp³-hybridized carbons (Fsp3) is 0.820. The van der Waals surface area contributed by atoms with E-state index >= 15 is 0 Å². The van der Waals surface area contributed by atoms with Crippen LogP contribution in [0.4, 0.5) is 0 Å². The number of ether oxygens (including phenoxy) is 3. The van der Waals surface area contributed by atoms with Crippen molar-refractivity contribution < 1.29 is 28.6 Å². The topological polar surface area (TPSA) is 78.9 Å². The van der Waals surface area contributed by atoms with Crippen LogP contribution in [0.1, 0.15) is 245 Å². The average Bonchev–Trinajstić information content (AvgIpc) is 3.19. The van der Waals surface area contributed by atoms with Gasteiger partial charge in [0.1, 0.15) is 13.2 Å². The number of rotatable bonds is 43. The van der Waals surface area contributed by atoms with Gasteiger partial charge < -0.3 is 14.2 Å². The second-order valence-electron chi connectivity index (χ2n) is 16.0. The van der Waals surface area contributed by atoms with Gasteiger partial charge in [0.15, 0.2) is 6.10 Å². The second kappa shape index (κ2) is 45.3. The van der Waals surface area contributed by atoms with Crippen molar-refractivity contribution in [3.63, 3.8) is 0 Å². The summed E-state index contributed by atoms with van der Waals surface area (Å²) >= 11 is 0. The van der Waals surface area contributed by atoms with E-state index in [1.807, 2.05) is 0 Å². The summed E-state index contributed by atoms with van der Waals surface area (Å²) in [4.78, 5) is 37.8. The monoisotopic (exact) mass is 787 g/mol. The average molecular weight is 787 g/mol. The third kappa shape index (κ3) is 42.8. The van der Waals surface area contributed by atoms with Gasteiger partial charge >= 0.3 is 17.9 Å². The first-order chi connectivity index (χ1) is 27.5. The fourth-order valence-corrected chi connectivity index (χ4v) is 6.67. The predicted molar refractivity (Wildman–Crippen MR) is 238 cm³/mol. The first-order valence-corrected chi connectivity index (χ1v) is 24.0. The Labute approximate surface area is 346 Å². The molecule has 326 valence electrons. The maximum atomic E-state index is 12.7. The van der Waals surface area contributed by atoms with Crippen molar-refractivity contribution in [3.05, 3.63) is 36.5 Å². The van der Waals surface area contributed by atoms with E-state index < -0.39 is 6.10 Å². The number of unbranched alkanes of at least 4 members (excludes halogenated alkanes) is 26. The number of esters is 3. The number of carbonyl (C=O) groups is 3. The lowest BCUT2D eigenvalue weighted by Gasteiger charge is -2.18. The Morgan fingerprint density at radius 2 is 0.661 bits per heavy atom. The van der Waals surface area contributed by atoms with Gasteiger partial charge in [0.25, 0.3) is 0 Å². The van der Waals surface area contributed by atoms with Gasteiger partial charge in [-0.25, -0.2) is 0 Å². The molecule has 0 rings (SSSR count). The minimum Gasteiger partial charge on any atom is -0.462 e. The normalized spacial score (nSPS) is 12.3. The molecule has 0 fully saturated rings. The molecule has 0 N–H and O–H groups in total. The number of hydrogen-bond donors (Lipinski definition) is 0. The Bertz CT molecular complexity index is 953. The van der Waals surface area contributed by atoms with Crippen LogP contribution in [0.25, 0.3) is 0 Å². The molecule has 0 aliphatic heterocycles. The molecule has 0 aromatic carbocycles. The lowest BCUT2D eigenvalue weighted by Crippen LogP contribution is -2.30. The van der Waals surface area contributed by atoms with Crippen LogP contribution in [0.2, 0.25) is 0 Å². The van der Waals surface area contributed by atoms with E-state index in [1.54, 1.807) is 0 Å². The Kier molecular flexibility index (Phi) is 43.4. The Balaban J connectivity index is 4.38. The van der Waals surface area contributed by atoms with E-state index in [9.17, 15) is 14.4 Å². The van der Waals surface area contributed by atoms with Crippen molar-refractivity contribution in [1.29, 1.82) is 0 Å². The molecule has 1 unspecified atom stereocenters. The lowest BCUT2D eigenvalue weighted by atomic mass is 10.0. The van der Waals surface area contributed by atoms with Gasteiger partial charge in [-0.3, -0.25) is 14.4 Å². The Morgan fingerprint density at radius 3 is 1.05 bits per heavy atom. The molecular formula is C50H90O6. The van der Waals surface area contributed by atoms with Crippen LogP contribution in [0.15, 0.2) is 36.5 Å². The number of allylic oxidation sites excluding steroid dienone is 6. The molecule has 56 heavy (non-hydrogen) atoms. The van der Waals surface area contributed by atoms with Gasteiger partial charge in [-0.1, -0.05) is 198 Å². The fourth-order valence-electron chi connectivity index (χ4n) is 6.67. The minimum atomic E-state index is -0.775. The van der Waals surface area contributed by atoms with Crippen molar-refractivity contribution in [2.75, 3.05) is 13.2 Å². The summed E-state index contributed by atoms with van der Waals surface area (Å²) in [6.07, 6.45) is 51.2. The molecule has 0 amide bonds. The first-order valence-electron chi connectivity index (χ1n) is 24.0. The van der Waals surface area contributed by atoms with E-state index in [-0.39, 0.29) is 31.1 Å². The summed E-state index contributed by atoms with van der Waals surface area (Å²) in [7, 11) is 0. The zero-order valence-electron chi connectivity index (χ0n) is 37.2. The third-order valence-corrected chi connectivity index (χ3v) is 10.4. The molecule has 0 radical (unpaired) electrons. The van der Waals surface area contributed by atoms with Gasteiger partial charge in [-0.05, 0) is 64.2 Å². The molecule has 0 heterocycles. The molecule has 0 aromatic rings. The SMILES string of the molecule is CCCC/C=C\C/C=C\CCCCCCCC(=O)OCC(COC(=O)CCCCCCC/C=C\CCCC)OC(=O)CCCCCCCCCCCCCCC. The van der Waals surface area contributed by atoms with Gasteiger partial charge in [0.2, 0.25) is 0 Å². The predicted octanol–water partition coefficient (Wildman–Crippen LogP) is 15.4. The molecule has 1 atom stereocenters. The highest BCUT2D eigenvalue weighted by atomic mass is 16.6. The third-order valence-electron chi connectivity index (χ3n) is 10.4. The van der Waals surface area contributed by atoms with Gasteiger partial charge in [0.05, 0.1) is 0 Å². The van der Waals surface area contributed by atoms with Gasteiger partial charge in [0, 0.05) is 19.3 Å². The quantitative estimate of drug-likeness (QED) is 0.0265. The van der Waals surface area contributed by atoms with Crippen molar-refractivity contribution in [1.82, 2.24) is 0 Å². The van der Waals surface area contributed by atoms with E-state index in [2.05, 4.69) is 57.2 Å².